The van der Waals surface area contributed by atoms with Crippen molar-refractivity contribution in [3.63, 3.8) is 0 Å². The Hall–Kier alpha value is -3.52. The Labute approximate surface area is 178 Å². The summed E-state index contributed by atoms with van der Waals surface area (Å²) in [6, 6.07) is 21.6. The molecule has 4 rings (SSSR count). The zero-order valence-corrected chi connectivity index (χ0v) is 17.0. The number of hydrogen-bond donors (Lipinski definition) is 1. The minimum atomic E-state index is -0.0388. The van der Waals surface area contributed by atoms with Crippen molar-refractivity contribution in [3.8, 4) is 5.69 Å². The number of carbonyl (C=O) groups excluding carboxylic acids is 1. The molecule has 4 aromatic rings. The normalized spacial score (nSPS) is 10.7. The maximum absolute atomic E-state index is 12.3. The van der Waals surface area contributed by atoms with Gasteiger partial charge in [0.2, 0.25) is 11.1 Å². The van der Waals surface area contributed by atoms with E-state index in [1.807, 2.05) is 66.7 Å². The maximum atomic E-state index is 12.3. The first-order valence-electron chi connectivity index (χ1n) is 9.52. The molecule has 1 amide bonds. The van der Waals surface area contributed by atoms with Gasteiger partial charge in [0.1, 0.15) is 0 Å². The van der Waals surface area contributed by atoms with Crippen molar-refractivity contribution in [1.29, 1.82) is 0 Å². The van der Waals surface area contributed by atoms with Crippen molar-refractivity contribution in [2.45, 2.75) is 18.0 Å². The van der Waals surface area contributed by atoms with Gasteiger partial charge in [-0.2, -0.15) is 4.68 Å². The van der Waals surface area contributed by atoms with Crippen molar-refractivity contribution in [3.05, 3.63) is 90.3 Å². The number of benzene rings is 2. The van der Waals surface area contributed by atoms with Gasteiger partial charge in [-0.15, -0.1) is 5.10 Å². The fraction of sp³-hybridized carbons (Fsp3) is 0.136. The Morgan fingerprint density at radius 1 is 0.933 bits per heavy atom. The molecule has 150 valence electrons. The summed E-state index contributed by atoms with van der Waals surface area (Å²) < 4.78 is 1.67. The molecule has 0 saturated carbocycles. The van der Waals surface area contributed by atoms with E-state index in [-0.39, 0.29) is 5.91 Å². The van der Waals surface area contributed by atoms with Crippen LogP contribution >= 0.6 is 11.8 Å². The average molecular weight is 417 g/mol. The average Bonchev–Trinajstić information content (AvgIpc) is 3.25. The molecule has 2 heterocycles. The highest BCUT2D eigenvalue weighted by Gasteiger charge is 2.10. The highest BCUT2D eigenvalue weighted by atomic mass is 32.2. The van der Waals surface area contributed by atoms with Crippen molar-refractivity contribution in [2.24, 2.45) is 0 Å². The fourth-order valence-corrected chi connectivity index (χ4v) is 3.73. The number of para-hydroxylation sites is 1. The molecule has 1 N–H and O–H groups in total. The van der Waals surface area contributed by atoms with Gasteiger partial charge >= 0.3 is 0 Å². The number of nitrogens with one attached hydrogen (secondary N) is 1. The van der Waals surface area contributed by atoms with Crippen LogP contribution in [0, 0.1) is 0 Å². The van der Waals surface area contributed by atoms with E-state index in [1.165, 1.54) is 22.9 Å². The van der Waals surface area contributed by atoms with Crippen LogP contribution in [0.5, 0.6) is 0 Å². The molecular weight excluding hydrogens is 396 g/mol. The number of anilines is 1. The van der Waals surface area contributed by atoms with Crippen LogP contribution in [0.2, 0.25) is 0 Å². The molecule has 7 nitrogen and oxygen atoms in total. The standard InChI is InChI=1S/C22H20N6OS/c29-21(12-15-30-22-25-26-27-28(22)20-4-2-1-3-5-20)24-19-8-6-17(7-9-19)16-18-10-13-23-14-11-18/h1-11,13-14H,12,15-16H2,(H,24,29). The fourth-order valence-electron chi connectivity index (χ4n) is 2.90. The van der Waals surface area contributed by atoms with Gasteiger partial charge in [0.25, 0.3) is 0 Å². The number of carbonyl (C=O) groups is 1. The van der Waals surface area contributed by atoms with Crippen molar-refractivity contribution < 1.29 is 4.79 Å². The van der Waals surface area contributed by atoms with Gasteiger partial charge in [0.15, 0.2) is 0 Å². The summed E-state index contributed by atoms with van der Waals surface area (Å²) in [6.45, 7) is 0. The maximum Gasteiger partial charge on any atom is 0.225 e. The molecule has 2 aromatic heterocycles. The Bertz CT molecular complexity index is 1080. The van der Waals surface area contributed by atoms with Crippen LogP contribution in [0.3, 0.4) is 0 Å². The van der Waals surface area contributed by atoms with E-state index in [0.717, 1.165) is 17.8 Å². The van der Waals surface area contributed by atoms with E-state index in [2.05, 4.69) is 25.8 Å². The number of thioether (sulfide) groups is 1. The SMILES string of the molecule is O=C(CCSc1nnnn1-c1ccccc1)Nc1ccc(Cc2ccncc2)cc1. The zero-order chi connectivity index (χ0) is 20.6. The molecule has 0 aliphatic rings. The predicted molar refractivity (Wildman–Crippen MR) is 117 cm³/mol. The second kappa shape index (κ2) is 9.80. The van der Waals surface area contributed by atoms with Gasteiger partial charge in [0, 0.05) is 30.3 Å². The minimum absolute atomic E-state index is 0.0388. The van der Waals surface area contributed by atoms with Gasteiger partial charge in [0.05, 0.1) is 5.69 Å². The number of nitrogens with zero attached hydrogens (tertiary/aromatic N) is 5. The summed E-state index contributed by atoms with van der Waals surface area (Å²) in [4.78, 5) is 16.3. The Morgan fingerprint density at radius 3 is 2.43 bits per heavy atom. The summed E-state index contributed by atoms with van der Waals surface area (Å²) in [5.41, 5.74) is 4.07. The summed E-state index contributed by atoms with van der Waals surface area (Å²) >= 11 is 1.45. The van der Waals surface area contributed by atoms with E-state index in [4.69, 9.17) is 0 Å². The first-order chi connectivity index (χ1) is 14.8. The number of tetrazole rings is 1. The lowest BCUT2D eigenvalue weighted by molar-refractivity contribution is -0.115. The summed E-state index contributed by atoms with van der Waals surface area (Å²) in [6.07, 6.45) is 4.79. The Kier molecular flexibility index (Phi) is 6.46. The third-order valence-corrected chi connectivity index (χ3v) is 5.32. The van der Waals surface area contributed by atoms with Crippen molar-refractivity contribution >= 4 is 23.4 Å². The number of rotatable bonds is 8. The van der Waals surface area contributed by atoms with Gasteiger partial charge < -0.3 is 5.32 Å². The van der Waals surface area contributed by atoms with E-state index in [1.54, 1.807) is 17.1 Å². The third kappa shape index (κ3) is 5.30. The first-order valence-corrected chi connectivity index (χ1v) is 10.5. The predicted octanol–water partition coefficient (Wildman–Crippen LogP) is 3.77. The van der Waals surface area contributed by atoms with Crippen LogP contribution < -0.4 is 5.32 Å². The van der Waals surface area contributed by atoms with E-state index >= 15 is 0 Å². The molecule has 0 unspecified atom stereocenters. The molecule has 30 heavy (non-hydrogen) atoms. The number of pyridine rings is 1. The molecule has 0 saturated heterocycles. The molecule has 0 aliphatic heterocycles. The summed E-state index contributed by atoms with van der Waals surface area (Å²) in [5, 5.41) is 15.4. The van der Waals surface area contributed by atoms with Crippen LogP contribution in [0.1, 0.15) is 17.5 Å². The zero-order valence-electron chi connectivity index (χ0n) is 16.2. The topological polar surface area (TPSA) is 85.6 Å². The third-order valence-electron chi connectivity index (χ3n) is 4.40. The quantitative estimate of drug-likeness (QED) is 0.440. The van der Waals surface area contributed by atoms with Crippen LogP contribution in [0.4, 0.5) is 5.69 Å². The lowest BCUT2D eigenvalue weighted by Gasteiger charge is -2.07. The largest absolute Gasteiger partial charge is 0.326 e. The van der Waals surface area contributed by atoms with Crippen LogP contribution in [-0.4, -0.2) is 36.9 Å². The highest BCUT2D eigenvalue weighted by molar-refractivity contribution is 7.99. The Balaban J connectivity index is 1.26. The molecule has 2 aromatic carbocycles. The number of aromatic nitrogens is 5. The molecule has 0 atom stereocenters. The highest BCUT2D eigenvalue weighted by Crippen LogP contribution is 2.19. The molecule has 8 heteroatoms. The lowest BCUT2D eigenvalue weighted by Crippen LogP contribution is -2.12. The number of hydrogen-bond acceptors (Lipinski definition) is 6. The number of amides is 1. The van der Waals surface area contributed by atoms with E-state index in [0.29, 0.717) is 17.3 Å². The van der Waals surface area contributed by atoms with Gasteiger partial charge in [-0.1, -0.05) is 42.1 Å². The van der Waals surface area contributed by atoms with E-state index in [9.17, 15) is 4.79 Å². The van der Waals surface area contributed by atoms with Gasteiger partial charge in [-0.3, -0.25) is 9.78 Å². The summed E-state index contributed by atoms with van der Waals surface area (Å²) in [5.74, 6) is 0.544. The van der Waals surface area contributed by atoms with Crippen molar-refractivity contribution in [2.75, 3.05) is 11.1 Å². The second-order valence-corrected chi connectivity index (χ2v) is 7.65. The smallest absolute Gasteiger partial charge is 0.225 e. The van der Waals surface area contributed by atoms with Crippen molar-refractivity contribution in [1.82, 2.24) is 25.2 Å². The first kappa shape index (κ1) is 19.8. The van der Waals surface area contributed by atoms with Crippen LogP contribution in [0.25, 0.3) is 5.69 Å². The summed E-state index contributed by atoms with van der Waals surface area (Å²) in [7, 11) is 0. The van der Waals surface area contributed by atoms with Gasteiger partial charge in [-0.05, 0) is 64.4 Å². The Morgan fingerprint density at radius 2 is 1.67 bits per heavy atom. The minimum Gasteiger partial charge on any atom is -0.326 e. The molecule has 0 bridgehead atoms. The van der Waals surface area contributed by atoms with Crippen LogP contribution in [0.15, 0.2) is 84.3 Å². The van der Waals surface area contributed by atoms with Crippen LogP contribution in [-0.2, 0) is 11.2 Å². The molecule has 0 spiro atoms. The van der Waals surface area contributed by atoms with Gasteiger partial charge in [-0.25, -0.2) is 0 Å². The second-order valence-electron chi connectivity index (χ2n) is 6.58. The molecule has 0 fully saturated rings. The lowest BCUT2D eigenvalue weighted by atomic mass is 10.1. The monoisotopic (exact) mass is 416 g/mol. The molecule has 0 aliphatic carbocycles. The molecular formula is C22H20N6OS. The molecule has 0 radical (unpaired) electrons. The van der Waals surface area contributed by atoms with E-state index < -0.39 is 0 Å².